The Balaban J connectivity index is 1.55. The Bertz CT molecular complexity index is 848. The van der Waals surface area contributed by atoms with E-state index in [1.54, 1.807) is 49.5 Å². The molecule has 1 aliphatic heterocycles. The van der Waals surface area contributed by atoms with Crippen LogP contribution in [0.3, 0.4) is 0 Å². The smallest absolute Gasteiger partial charge is 0.310 e. The van der Waals surface area contributed by atoms with Gasteiger partial charge < -0.3 is 20.6 Å². The average molecular weight is 353 g/mol. The highest BCUT2D eigenvalue weighted by molar-refractivity contribution is 6.35. The molecule has 0 aromatic heterocycles. The molecule has 1 heterocycles. The van der Waals surface area contributed by atoms with E-state index in [4.69, 9.17) is 0 Å². The zero-order valence-corrected chi connectivity index (χ0v) is 14.2. The number of benzene rings is 2. The average Bonchev–Trinajstić information content (AvgIpc) is 2.88. The van der Waals surface area contributed by atoms with Gasteiger partial charge in [-0.25, -0.2) is 0 Å². The maximum absolute atomic E-state index is 12.3. The Labute approximate surface area is 150 Å². The van der Waals surface area contributed by atoms with Crippen LogP contribution < -0.4 is 15.5 Å². The molecule has 3 N–H and O–H groups in total. The molecule has 2 aromatic carbocycles. The van der Waals surface area contributed by atoms with Crippen LogP contribution in [0.5, 0.6) is 5.75 Å². The molecular formula is C19H19N3O4. The number of nitrogens with zero attached hydrogens (tertiary/aromatic N) is 1. The first kappa shape index (κ1) is 17.5. The van der Waals surface area contributed by atoms with Crippen molar-refractivity contribution in [3.8, 4) is 5.75 Å². The number of fused-ring (bicyclic) bond motifs is 1. The van der Waals surface area contributed by atoms with Crippen LogP contribution in [0.4, 0.5) is 5.69 Å². The van der Waals surface area contributed by atoms with Gasteiger partial charge in [0.1, 0.15) is 11.8 Å². The lowest BCUT2D eigenvalue weighted by molar-refractivity contribution is -0.140. The molecule has 1 atom stereocenters. The van der Waals surface area contributed by atoms with Crippen molar-refractivity contribution in [1.29, 1.82) is 0 Å². The minimum absolute atomic E-state index is 0.170. The van der Waals surface area contributed by atoms with Crippen molar-refractivity contribution in [2.75, 3.05) is 18.5 Å². The first-order valence-electron chi connectivity index (χ1n) is 8.20. The van der Waals surface area contributed by atoms with Gasteiger partial charge in [-0.1, -0.05) is 30.3 Å². The molecule has 26 heavy (non-hydrogen) atoms. The number of hydrogen-bond acceptors (Lipinski definition) is 4. The highest BCUT2D eigenvalue weighted by atomic mass is 16.3. The summed E-state index contributed by atoms with van der Waals surface area (Å²) in [6.45, 7) is 0.270. The van der Waals surface area contributed by atoms with Gasteiger partial charge in [-0.2, -0.15) is 0 Å². The Morgan fingerprint density at radius 3 is 2.50 bits per heavy atom. The van der Waals surface area contributed by atoms with E-state index in [2.05, 4.69) is 10.6 Å². The van der Waals surface area contributed by atoms with Gasteiger partial charge in [0.25, 0.3) is 5.91 Å². The van der Waals surface area contributed by atoms with E-state index in [-0.39, 0.29) is 18.2 Å². The number of nitrogens with one attached hydrogen (secondary N) is 2. The first-order valence-corrected chi connectivity index (χ1v) is 8.20. The van der Waals surface area contributed by atoms with E-state index in [9.17, 15) is 19.5 Å². The van der Waals surface area contributed by atoms with Crippen molar-refractivity contribution in [2.24, 2.45) is 0 Å². The highest BCUT2D eigenvalue weighted by Gasteiger charge is 2.36. The standard InChI is InChI=1S/C19H19N3O4/c1-22-15-5-3-2-4-14(15)16(19(22)26)21-18(25)17(24)20-11-10-12-6-8-13(23)9-7-12/h2-9,16,23H,10-11H2,1H3,(H,20,24)(H,21,25)/t16-/m0/s1. The summed E-state index contributed by atoms with van der Waals surface area (Å²) in [5, 5.41) is 14.3. The van der Waals surface area contributed by atoms with Crippen LogP contribution in [0.1, 0.15) is 17.2 Å². The quantitative estimate of drug-likeness (QED) is 0.711. The monoisotopic (exact) mass is 353 g/mol. The summed E-state index contributed by atoms with van der Waals surface area (Å²) in [7, 11) is 1.63. The molecule has 2 aromatic rings. The van der Waals surface area contributed by atoms with Crippen molar-refractivity contribution in [2.45, 2.75) is 12.5 Å². The lowest BCUT2D eigenvalue weighted by Crippen LogP contribution is -2.44. The molecular weight excluding hydrogens is 334 g/mol. The molecule has 0 saturated carbocycles. The number of carbonyl (C=O) groups is 3. The Morgan fingerprint density at radius 1 is 1.08 bits per heavy atom. The number of phenols is 1. The fraction of sp³-hybridized carbons (Fsp3) is 0.211. The summed E-state index contributed by atoms with van der Waals surface area (Å²) in [5.41, 5.74) is 2.31. The highest BCUT2D eigenvalue weighted by Crippen LogP contribution is 2.34. The maximum atomic E-state index is 12.3. The number of aromatic hydroxyl groups is 1. The van der Waals surface area contributed by atoms with E-state index < -0.39 is 17.9 Å². The second-order valence-electron chi connectivity index (χ2n) is 6.03. The SMILES string of the molecule is CN1C(=O)[C@@H](NC(=O)C(=O)NCCc2ccc(O)cc2)c2ccccc21. The minimum atomic E-state index is -0.855. The molecule has 0 radical (unpaired) electrons. The number of amides is 3. The molecule has 0 spiro atoms. The molecule has 0 saturated heterocycles. The number of para-hydroxylation sites is 1. The van der Waals surface area contributed by atoms with Crippen LogP contribution in [0.15, 0.2) is 48.5 Å². The summed E-state index contributed by atoms with van der Waals surface area (Å²) in [4.78, 5) is 37.9. The van der Waals surface area contributed by atoms with E-state index in [1.807, 2.05) is 6.07 Å². The topological polar surface area (TPSA) is 98.7 Å². The van der Waals surface area contributed by atoms with E-state index >= 15 is 0 Å². The molecule has 7 nitrogen and oxygen atoms in total. The van der Waals surface area contributed by atoms with Crippen LogP contribution in [0.2, 0.25) is 0 Å². The predicted octanol–water partition coefficient (Wildman–Crippen LogP) is 0.885. The molecule has 1 aliphatic rings. The third-order valence-electron chi connectivity index (χ3n) is 4.30. The number of phenolic OH excluding ortho intramolecular Hbond substituents is 1. The van der Waals surface area contributed by atoms with Gasteiger partial charge in [-0.3, -0.25) is 14.4 Å². The minimum Gasteiger partial charge on any atom is -0.508 e. The van der Waals surface area contributed by atoms with Crippen molar-refractivity contribution >= 4 is 23.4 Å². The van der Waals surface area contributed by atoms with Crippen molar-refractivity contribution < 1.29 is 19.5 Å². The number of rotatable bonds is 4. The van der Waals surface area contributed by atoms with E-state index in [0.29, 0.717) is 12.0 Å². The van der Waals surface area contributed by atoms with Crippen molar-refractivity contribution in [3.63, 3.8) is 0 Å². The van der Waals surface area contributed by atoms with Gasteiger partial charge in [0.15, 0.2) is 0 Å². The molecule has 134 valence electrons. The van der Waals surface area contributed by atoms with Gasteiger partial charge in [0, 0.05) is 24.8 Å². The molecule has 7 heteroatoms. The van der Waals surface area contributed by atoms with E-state index in [0.717, 1.165) is 11.3 Å². The summed E-state index contributed by atoms with van der Waals surface area (Å²) in [6, 6.07) is 12.9. The van der Waals surface area contributed by atoms with Gasteiger partial charge in [-0.05, 0) is 30.2 Å². The summed E-state index contributed by atoms with van der Waals surface area (Å²) in [6.07, 6.45) is 0.521. The zero-order chi connectivity index (χ0) is 18.7. The number of likely N-dealkylation sites (N-methyl/N-ethyl adjacent to an activating group) is 1. The molecule has 0 bridgehead atoms. The van der Waals surface area contributed by atoms with Gasteiger partial charge in [0.05, 0.1) is 0 Å². The van der Waals surface area contributed by atoms with Crippen LogP contribution in [0, 0.1) is 0 Å². The third-order valence-corrected chi connectivity index (χ3v) is 4.30. The van der Waals surface area contributed by atoms with Crippen LogP contribution in [0.25, 0.3) is 0 Å². The molecule has 0 aliphatic carbocycles. The Morgan fingerprint density at radius 2 is 1.77 bits per heavy atom. The zero-order valence-electron chi connectivity index (χ0n) is 14.2. The van der Waals surface area contributed by atoms with Crippen LogP contribution in [-0.2, 0) is 20.8 Å². The molecule has 0 fully saturated rings. The van der Waals surface area contributed by atoms with E-state index in [1.165, 1.54) is 4.90 Å². The second kappa shape index (κ2) is 7.26. The molecule has 3 rings (SSSR count). The lowest BCUT2D eigenvalue weighted by Gasteiger charge is -2.13. The van der Waals surface area contributed by atoms with Crippen molar-refractivity contribution in [3.05, 3.63) is 59.7 Å². The summed E-state index contributed by atoms with van der Waals surface area (Å²) < 4.78 is 0. The number of hydrogen-bond donors (Lipinski definition) is 3. The van der Waals surface area contributed by atoms with Gasteiger partial charge >= 0.3 is 11.8 Å². The van der Waals surface area contributed by atoms with Crippen molar-refractivity contribution in [1.82, 2.24) is 10.6 Å². The predicted molar refractivity (Wildman–Crippen MR) is 95.6 cm³/mol. The molecule has 0 unspecified atom stereocenters. The second-order valence-corrected chi connectivity index (χ2v) is 6.03. The number of anilines is 1. The normalized spacial score (nSPS) is 15.5. The summed E-state index contributed by atoms with van der Waals surface area (Å²) >= 11 is 0. The fourth-order valence-electron chi connectivity index (χ4n) is 2.88. The van der Waals surface area contributed by atoms with Gasteiger partial charge in [0.2, 0.25) is 0 Å². The third kappa shape index (κ3) is 3.51. The molecule has 3 amide bonds. The van der Waals surface area contributed by atoms with Crippen LogP contribution >= 0.6 is 0 Å². The first-order chi connectivity index (χ1) is 12.5. The lowest BCUT2D eigenvalue weighted by atomic mass is 10.1. The largest absolute Gasteiger partial charge is 0.508 e. The summed E-state index contributed by atoms with van der Waals surface area (Å²) in [5.74, 6) is -1.75. The van der Waals surface area contributed by atoms with Gasteiger partial charge in [-0.15, -0.1) is 0 Å². The fourth-order valence-corrected chi connectivity index (χ4v) is 2.88. The number of carbonyl (C=O) groups excluding carboxylic acids is 3. The maximum Gasteiger partial charge on any atom is 0.310 e. The van der Waals surface area contributed by atoms with Crippen LogP contribution in [-0.4, -0.2) is 36.4 Å². The Hall–Kier alpha value is -3.35. The Kier molecular flexibility index (Phi) is 4.88.